The highest BCUT2D eigenvalue weighted by molar-refractivity contribution is 5.80. The highest BCUT2D eigenvalue weighted by atomic mass is 16.2. The molecular weight excluding hydrogens is 188 g/mol. The zero-order chi connectivity index (χ0) is 10.5. The first-order valence-electron chi connectivity index (χ1n) is 6.36. The van der Waals surface area contributed by atoms with Gasteiger partial charge in [-0.3, -0.25) is 4.79 Å². The van der Waals surface area contributed by atoms with Crippen LogP contribution in [0, 0.1) is 5.92 Å². The molecule has 3 heteroatoms. The summed E-state index contributed by atoms with van der Waals surface area (Å²) < 4.78 is 0. The van der Waals surface area contributed by atoms with Crippen molar-refractivity contribution in [2.45, 2.75) is 38.5 Å². The maximum atomic E-state index is 11.4. The zero-order valence-corrected chi connectivity index (χ0v) is 9.50. The Morgan fingerprint density at radius 1 is 1.13 bits per heavy atom. The summed E-state index contributed by atoms with van der Waals surface area (Å²) in [6.07, 6.45) is 7.63. The van der Waals surface area contributed by atoms with Crippen LogP contribution in [-0.2, 0) is 4.79 Å². The molecule has 2 aliphatic rings. The fourth-order valence-electron chi connectivity index (χ4n) is 2.19. The Balaban J connectivity index is 1.57. The zero-order valence-electron chi connectivity index (χ0n) is 9.50. The molecule has 15 heavy (non-hydrogen) atoms. The molecule has 0 atom stereocenters. The minimum atomic E-state index is 0.282. The number of hydrogen-bond donors (Lipinski definition) is 1. The predicted octanol–water partition coefficient (Wildman–Crippen LogP) is 1.39. The topological polar surface area (TPSA) is 32.3 Å². The fourth-order valence-corrected chi connectivity index (χ4v) is 2.19. The van der Waals surface area contributed by atoms with Crippen molar-refractivity contribution in [3.05, 3.63) is 0 Å². The van der Waals surface area contributed by atoms with E-state index in [4.69, 9.17) is 0 Å². The van der Waals surface area contributed by atoms with E-state index in [0.29, 0.717) is 5.92 Å². The van der Waals surface area contributed by atoms with Crippen LogP contribution in [0.25, 0.3) is 0 Å². The third-order valence-corrected chi connectivity index (χ3v) is 3.37. The third-order valence-electron chi connectivity index (χ3n) is 3.37. The Kier molecular flexibility index (Phi) is 4.01. The molecule has 1 aliphatic heterocycles. The summed E-state index contributed by atoms with van der Waals surface area (Å²) in [5, 5.41) is 3.03. The molecule has 0 radical (unpaired) electrons. The number of carbonyl (C=O) groups excluding carboxylic acids is 1. The highest BCUT2D eigenvalue weighted by Gasteiger charge is 2.29. The van der Waals surface area contributed by atoms with Crippen molar-refractivity contribution in [2.24, 2.45) is 5.92 Å². The van der Waals surface area contributed by atoms with Crippen LogP contribution in [0.1, 0.15) is 38.5 Å². The molecule has 1 heterocycles. The molecular formula is C12H22N2O. The predicted molar refractivity (Wildman–Crippen MR) is 60.6 cm³/mol. The van der Waals surface area contributed by atoms with Crippen molar-refractivity contribution in [3.8, 4) is 0 Å². The maximum absolute atomic E-state index is 11.4. The second kappa shape index (κ2) is 5.50. The average Bonchev–Trinajstić information content (AvgIpc) is 3.06. The smallest absolute Gasteiger partial charge is 0.223 e. The van der Waals surface area contributed by atoms with Crippen LogP contribution in [0.15, 0.2) is 0 Å². The van der Waals surface area contributed by atoms with Crippen LogP contribution in [0.5, 0.6) is 0 Å². The largest absolute Gasteiger partial charge is 0.355 e. The van der Waals surface area contributed by atoms with Gasteiger partial charge in [-0.05, 0) is 38.8 Å². The summed E-state index contributed by atoms with van der Waals surface area (Å²) in [5.41, 5.74) is 0. The third kappa shape index (κ3) is 3.82. The van der Waals surface area contributed by atoms with E-state index < -0.39 is 0 Å². The number of nitrogens with one attached hydrogen (secondary N) is 1. The van der Waals surface area contributed by atoms with Crippen LogP contribution >= 0.6 is 0 Å². The molecule has 0 unspecified atom stereocenters. The first-order valence-corrected chi connectivity index (χ1v) is 6.36. The lowest BCUT2D eigenvalue weighted by atomic mass is 10.2. The van der Waals surface area contributed by atoms with Gasteiger partial charge in [0.2, 0.25) is 5.91 Å². The van der Waals surface area contributed by atoms with E-state index in [-0.39, 0.29) is 5.91 Å². The van der Waals surface area contributed by atoms with Gasteiger partial charge in [0.1, 0.15) is 0 Å². The Hall–Kier alpha value is -0.570. The van der Waals surface area contributed by atoms with E-state index in [0.717, 1.165) is 25.9 Å². The standard InChI is InChI=1S/C12H22N2O/c15-12(11-5-6-11)13-7-10-14-8-3-1-2-4-9-14/h11H,1-10H2,(H,13,15). The van der Waals surface area contributed by atoms with Crippen LogP contribution in [0.4, 0.5) is 0 Å². The maximum Gasteiger partial charge on any atom is 0.223 e. The van der Waals surface area contributed by atoms with Gasteiger partial charge in [0.15, 0.2) is 0 Å². The van der Waals surface area contributed by atoms with Crippen LogP contribution in [0.2, 0.25) is 0 Å². The molecule has 0 aromatic heterocycles. The first-order chi connectivity index (χ1) is 7.36. The van der Waals surface area contributed by atoms with Crippen LogP contribution < -0.4 is 5.32 Å². The second-order valence-corrected chi connectivity index (χ2v) is 4.82. The van der Waals surface area contributed by atoms with Gasteiger partial charge < -0.3 is 10.2 Å². The van der Waals surface area contributed by atoms with Crippen LogP contribution in [-0.4, -0.2) is 37.0 Å². The van der Waals surface area contributed by atoms with E-state index >= 15 is 0 Å². The van der Waals surface area contributed by atoms with Gasteiger partial charge in [0.25, 0.3) is 0 Å². The van der Waals surface area contributed by atoms with E-state index in [1.807, 2.05) is 0 Å². The van der Waals surface area contributed by atoms with Crippen molar-refractivity contribution >= 4 is 5.91 Å². The number of hydrogen-bond acceptors (Lipinski definition) is 2. The van der Waals surface area contributed by atoms with E-state index in [1.165, 1.54) is 38.8 Å². The van der Waals surface area contributed by atoms with Gasteiger partial charge in [-0.25, -0.2) is 0 Å². The van der Waals surface area contributed by atoms with Gasteiger partial charge in [-0.1, -0.05) is 12.8 Å². The number of carbonyl (C=O) groups is 1. The van der Waals surface area contributed by atoms with E-state index in [9.17, 15) is 4.79 Å². The molecule has 1 N–H and O–H groups in total. The molecule has 1 aliphatic carbocycles. The molecule has 0 aromatic carbocycles. The van der Waals surface area contributed by atoms with Crippen molar-refractivity contribution in [2.75, 3.05) is 26.2 Å². The molecule has 1 saturated carbocycles. The molecule has 1 saturated heterocycles. The molecule has 86 valence electrons. The number of likely N-dealkylation sites (tertiary alicyclic amines) is 1. The molecule has 2 fully saturated rings. The molecule has 2 rings (SSSR count). The van der Waals surface area contributed by atoms with Gasteiger partial charge in [0.05, 0.1) is 0 Å². The van der Waals surface area contributed by atoms with E-state index in [2.05, 4.69) is 10.2 Å². The normalized spacial score (nSPS) is 23.5. The van der Waals surface area contributed by atoms with Crippen molar-refractivity contribution in [1.82, 2.24) is 10.2 Å². The second-order valence-electron chi connectivity index (χ2n) is 4.82. The summed E-state index contributed by atoms with van der Waals surface area (Å²) in [5.74, 6) is 0.638. The van der Waals surface area contributed by atoms with Crippen molar-refractivity contribution < 1.29 is 4.79 Å². The van der Waals surface area contributed by atoms with Crippen molar-refractivity contribution in [3.63, 3.8) is 0 Å². The highest BCUT2D eigenvalue weighted by Crippen LogP contribution is 2.28. The number of nitrogens with zero attached hydrogens (tertiary/aromatic N) is 1. The van der Waals surface area contributed by atoms with E-state index in [1.54, 1.807) is 0 Å². The lowest BCUT2D eigenvalue weighted by Gasteiger charge is -2.19. The minimum Gasteiger partial charge on any atom is -0.355 e. The quantitative estimate of drug-likeness (QED) is 0.760. The Morgan fingerprint density at radius 2 is 1.80 bits per heavy atom. The molecule has 0 aromatic rings. The number of rotatable bonds is 4. The van der Waals surface area contributed by atoms with Crippen LogP contribution in [0.3, 0.4) is 0 Å². The fraction of sp³-hybridized carbons (Fsp3) is 0.917. The summed E-state index contributed by atoms with van der Waals surface area (Å²) >= 11 is 0. The lowest BCUT2D eigenvalue weighted by molar-refractivity contribution is -0.122. The SMILES string of the molecule is O=C(NCCN1CCCCCC1)C1CC1. The molecule has 1 amide bonds. The summed E-state index contributed by atoms with van der Waals surface area (Å²) in [6, 6.07) is 0. The lowest BCUT2D eigenvalue weighted by Crippen LogP contribution is -2.36. The summed E-state index contributed by atoms with van der Waals surface area (Å²) in [6.45, 7) is 4.33. The van der Waals surface area contributed by atoms with Gasteiger partial charge in [-0.15, -0.1) is 0 Å². The van der Waals surface area contributed by atoms with Gasteiger partial charge in [-0.2, -0.15) is 0 Å². The Labute approximate surface area is 92.2 Å². The summed E-state index contributed by atoms with van der Waals surface area (Å²) in [4.78, 5) is 13.9. The first kappa shape index (κ1) is 10.9. The van der Waals surface area contributed by atoms with Gasteiger partial charge >= 0.3 is 0 Å². The minimum absolute atomic E-state index is 0.282. The molecule has 3 nitrogen and oxygen atoms in total. The molecule has 0 bridgehead atoms. The van der Waals surface area contributed by atoms with Gasteiger partial charge in [0, 0.05) is 19.0 Å². The molecule has 0 spiro atoms. The van der Waals surface area contributed by atoms with Crippen molar-refractivity contribution in [1.29, 1.82) is 0 Å². The number of amides is 1. The Morgan fingerprint density at radius 3 is 2.40 bits per heavy atom. The Bertz CT molecular complexity index is 206. The monoisotopic (exact) mass is 210 g/mol. The average molecular weight is 210 g/mol. The summed E-state index contributed by atoms with van der Waals surface area (Å²) in [7, 11) is 0.